The Morgan fingerprint density at radius 2 is 2.12 bits per heavy atom. The molecule has 0 spiro atoms. The Hall–Kier alpha value is -1.42. The van der Waals surface area contributed by atoms with Crippen molar-refractivity contribution in [2.24, 2.45) is 0 Å². The first kappa shape index (κ1) is 10.7. The van der Waals surface area contributed by atoms with Gasteiger partial charge in [-0.25, -0.2) is 0 Å². The maximum atomic E-state index is 12.3. The van der Waals surface area contributed by atoms with Crippen LogP contribution in [0, 0.1) is 0 Å². The molecule has 1 aromatic heterocycles. The van der Waals surface area contributed by atoms with Crippen LogP contribution in [-0.4, -0.2) is 41.1 Å². The van der Waals surface area contributed by atoms with E-state index in [0.717, 1.165) is 19.3 Å². The lowest BCUT2D eigenvalue weighted by molar-refractivity contribution is -0.0730. The highest BCUT2D eigenvalue weighted by Crippen LogP contribution is 2.39. The fourth-order valence-corrected chi connectivity index (χ4v) is 2.97. The average Bonchev–Trinajstić information content (AvgIpc) is 2.39. The predicted molar refractivity (Wildman–Crippen MR) is 62.6 cm³/mol. The molecule has 0 radical (unpaired) electrons. The summed E-state index contributed by atoms with van der Waals surface area (Å²) in [5.74, 6) is 0.0707. The zero-order chi connectivity index (χ0) is 11.8. The zero-order valence-corrected chi connectivity index (χ0v) is 9.87. The number of carbonyl (C=O) groups excluding carboxylic acids is 1. The first-order chi connectivity index (χ1) is 8.29. The van der Waals surface area contributed by atoms with E-state index in [2.05, 4.69) is 4.98 Å². The molecule has 4 nitrogen and oxygen atoms in total. The number of fused-ring (bicyclic) bond motifs is 2. The van der Waals surface area contributed by atoms with Gasteiger partial charge in [0.1, 0.15) is 5.69 Å². The van der Waals surface area contributed by atoms with Crippen molar-refractivity contribution in [1.82, 2.24) is 9.88 Å². The molecule has 1 amide bonds. The van der Waals surface area contributed by atoms with E-state index in [0.29, 0.717) is 23.9 Å². The van der Waals surface area contributed by atoms with Crippen LogP contribution in [0.4, 0.5) is 0 Å². The summed E-state index contributed by atoms with van der Waals surface area (Å²) in [5, 5.41) is 0. The van der Waals surface area contributed by atoms with Gasteiger partial charge in [-0.05, 0) is 31.4 Å². The number of aromatic nitrogens is 1. The quantitative estimate of drug-likeness (QED) is 0.775. The molecule has 0 aromatic carbocycles. The van der Waals surface area contributed by atoms with E-state index in [4.69, 9.17) is 4.74 Å². The molecule has 2 aliphatic heterocycles. The third-order valence-electron chi connectivity index (χ3n) is 3.85. The van der Waals surface area contributed by atoms with Gasteiger partial charge in [-0.15, -0.1) is 0 Å². The summed E-state index contributed by atoms with van der Waals surface area (Å²) in [6.45, 7) is 0. The van der Waals surface area contributed by atoms with Crippen molar-refractivity contribution >= 4 is 5.91 Å². The summed E-state index contributed by atoms with van der Waals surface area (Å²) in [4.78, 5) is 18.4. The number of hydrogen-bond donors (Lipinski definition) is 0. The van der Waals surface area contributed by atoms with E-state index >= 15 is 0 Å². The van der Waals surface area contributed by atoms with Gasteiger partial charge in [0.15, 0.2) is 0 Å². The van der Waals surface area contributed by atoms with E-state index in [9.17, 15) is 4.79 Å². The molecule has 1 saturated carbocycles. The van der Waals surface area contributed by atoms with Crippen LogP contribution in [-0.2, 0) is 4.74 Å². The molecule has 3 fully saturated rings. The second kappa shape index (κ2) is 4.11. The number of amides is 1. The number of carbonyl (C=O) groups is 1. The van der Waals surface area contributed by atoms with Crippen LogP contribution in [0.25, 0.3) is 0 Å². The topological polar surface area (TPSA) is 42.4 Å². The maximum Gasteiger partial charge on any atom is 0.272 e. The summed E-state index contributed by atoms with van der Waals surface area (Å²) in [6.07, 6.45) is 5.04. The van der Waals surface area contributed by atoms with Gasteiger partial charge in [0.2, 0.25) is 0 Å². The first-order valence-corrected chi connectivity index (χ1v) is 6.06. The van der Waals surface area contributed by atoms with E-state index in [-0.39, 0.29) is 5.91 Å². The maximum absolute atomic E-state index is 12.3. The van der Waals surface area contributed by atoms with Gasteiger partial charge in [-0.1, -0.05) is 6.07 Å². The van der Waals surface area contributed by atoms with Gasteiger partial charge in [0.25, 0.3) is 5.91 Å². The van der Waals surface area contributed by atoms with Crippen LogP contribution in [0.5, 0.6) is 0 Å². The lowest BCUT2D eigenvalue weighted by Crippen LogP contribution is -2.64. The Bertz CT molecular complexity index is 409. The van der Waals surface area contributed by atoms with Crippen molar-refractivity contribution < 1.29 is 9.53 Å². The van der Waals surface area contributed by atoms with Gasteiger partial charge in [-0.3, -0.25) is 9.78 Å². The fraction of sp³-hybridized carbons (Fsp3) is 0.538. The number of piperidine rings is 1. The van der Waals surface area contributed by atoms with E-state index < -0.39 is 0 Å². The molecule has 0 N–H and O–H groups in total. The van der Waals surface area contributed by atoms with Crippen LogP contribution >= 0.6 is 0 Å². The number of nitrogens with zero attached hydrogens (tertiary/aromatic N) is 2. The molecule has 2 saturated heterocycles. The van der Waals surface area contributed by atoms with E-state index in [1.54, 1.807) is 19.4 Å². The molecule has 1 aromatic rings. The normalized spacial score (nSPS) is 30.9. The Kier molecular flexibility index (Phi) is 2.59. The summed E-state index contributed by atoms with van der Waals surface area (Å²) in [5.41, 5.74) is 0.554. The lowest BCUT2D eigenvalue weighted by atomic mass is 9.77. The monoisotopic (exact) mass is 232 g/mol. The highest BCUT2D eigenvalue weighted by Gasteiger charge is 2.48. The summed E-state index contributed by atoms with van der Waals surface area (Å²) >= 11 is 0. The highest BCUT2D eigenvalue weighted by molar-refractivity contribution is 5.93. The second-order valence-corrected chi connectivity index (χ2v) is 4.80. The Morgan fingerprint density at radius 1 is 1.35 bits per heavy atom. The molecule has 3 heterocycles. The van der Waals surface area contributed by atoms with Crippen LogP contribution in [0.1, 0.15) is 29.8 Å². The molecule has 90 valence electrons. The zero-order valence-electron chi connectivity index (χ0n) is 9.87. The van der Waals surface area contributed by atoms with Gasteiger partial charge in [0, 0.05) is 25.4 Å². The summed E-state index contributed by atoms with van der Waals surface area (Å²) < 4.78 is 5.37. The standard InChI is InChI=1S/C13H16N2O2/c1-17-11-7-9-6-10(8-11)15(9)13(16)12-4-2-3-5-14-12/h2-5,9-11H,6-8H2,1H3/t9-,10?,11?/m0/s1. The fourth-order valence-electron chi connectivity index (χ4n) is 2.97. The Labute approximate surface area is 101 Å². The smallest absolute Gasteiger partial charge is 0.272 e. The minimum atomic E-state index is 0.0707. The SMILES string of the molecule is COC1CC2C[C@@H](C1)N2C(=O)c1ccccn1. The lowest BCUT2D eigenvalue weighted by Gasteiger charge is -2.54. The Morgan fingerprint density at radius 3 is 2.71 bits per heavy atom. The molecular weight excluding hydrogens is 216 g/mol. The third kappa shape index (κ3) is 1.72. The third-order valence-corrected chi connectivity index (χ3v) is 3.85. The van der Waals surface area contributed by atoms with Crippen LogP contribution in [0.15, 0.2) is 24.4 Å². The predicted octanol–water partition coefficient (Wildman–Crippen LogP) is 1.47. The molecule has 3 atom stereocenters. The number of methoxy groups -OCH3 is 1. The van der Waals surface area contributed by atoms with Crippen LogP contribution in [0.3, 0.4) is 0 Å². The van der Waals surface area contributed by atoms with Gasteiger partial charge < -0.3 is 9.64 Å². The van der Waals surface area contributed by atoms with Crippen molar-refractivity contribution in [3.05, 3.63) is 30.1 Å². The summed E-state index contributed by atoms with van der Waals surface area (Å²) in [6, 6.07) is 6.17. The largest absolute Gasteiger partial charge is 0.381 e. The van der Waals surface area contributed by atoms with Crippen LogP contribution in [0.2, 0.25) is 0 Å². The van der Waals surface area contributed by atoms with Crippen molar-refractivity contribution in [1.29, 1.82) is 0 Å². The van der Waals surface area contributed by atoms with Crippen molar-refractivity contribution in [3.8, 4) is 0 Å². The van der Waals surface area contributed by atoms with Crippen molar-refractivity contribution in [2.45, 2.75) is 37.5 Å². The Balaban J connectivity index is 1.74. The minimum absolute atomic E-state index is 0.0707. The van der Waals surface area contributed by atoms with Gasteiger partial charge >= 0.3 is 0 Å². The molecule has 2 bridgehead atoms. The van der Waals surface area contributed by atoms with Gasteiger partial charge in [0.05, 0.1) is 6.10 Å². The van der Waals surface area contributed by atoms with E-state index in [1.807, 2.05) is 17.0 Å². The number of hydrogen-bond acceptors (Lipinski definition) is 3. The molecule has 4 heteroatoms. The minimum Gasteiger partial charge on any atom is -0.381 e. The first-order valence-electron chi connectivity index (χ1n) is 6.06. The number of rotatable bonds is 2. The van der Waals surface area contributed by atoms with Crippen molar-refractivity contribution in [3.63, 3.8) is 0 Å². The van der Waals surface area contributed by atoms with Gasteiger partial charge in [-0.2, -0.15) is 0 Å². The molecule has 2 unspecified atom stereocenters. The molecular formula is C13H16N2O2. The van der Waals surface area contributed by atoms with E-state index in [1.165, 1.54) is 0 Å². The molecule has 1 aliphatic carbocycles. The number of ether oxygens (including phenoxy) is 1. The summed E-state index contributed by atoms with van der Waals surface area (Å²) in [7, 11) is 1.75. The molecule has 4 rings (SSSR count). The highest BCUT2D eigenvalue weighted by atomic mass is 16.5. The number of pyridine rings is 1. The van der Waals surface area contributed by atoms with Crippen molar-refractivity contribution in [2.75, 3.05) is 7.11 Å². The average molecular weight is 232 g/mol. The van der Waals surface area contributed by atoms with Crippen LogP contribution < -0.4 is 0 Å². The molecule has 3 aliphatic rings. The second-order valence-electron chi connectivity index (χ2n) is 4.80. The molecule has 17 heavy (non-hydrogen) atoms.